The lowest BCUT2D eigenvalue weighted by atomic mass is 9.90. The quantitative estimate of drug-likeness (QED) is 0.549. The molecule has 1 aromatic heterocycles. The van der Waals surface area contributed by atoms with E-state index >= 15 is 0 Å². The predicted octanol–water partition coefficient (Wildman–Crippen LogP) is -0.291. The molecule has 0 spiro atoms. The molecular formula is C16H16O8. The fraction of sp³-hybridized carbons (Fsp3) is 0.375. The van der Waals surface area contributed by atoms with Crippen LogP contribution in [-0.4, -0.2) is 50.8 Å². The molecule has 8 heteroatoms. The van der Waals surface area contributed by atoms with Crippen molar-refractivity contribution in [1.82, 2.24) is 0 Å². The van der Waals surface area contributed by atoms with Crippen molar-refractivity contribution in [1.29, 1.82) is 0 Å². The normalized spacial score (nSPS) is 30.4. The van der Waals surface area contributed by atoms with Gasteiger partial charge >= 0.3 is 11.6 Å². The molecule has 2 heterocycles. The van der Waals surface area contributed by atoms with Crippen LogP contribution < -0.4 is 5.63 Å². The van der Waals surface area contributed by atoms with E-state index in [1.54, 1.807) is 19.1 Å². The molecule has 1 aromatic carbocycles. The lowest BCUT2D eigenvalue weighted by molar-refractivity contribution is -0.229. The van der Waals surface area contributed by atoms with Gasteiger partial charge in [0.1, 0.15) is 30.0 Å². The Kier molecular flexibility index (Phi) is 4.14. The molecule has 0 amide bonds. The fourth-order valence-corrected chi connectivity index (χ4v) is 2.88. The van der Waals surface area contributed by atoms with Crippen LogP contribution >= 0.6 is 0 Å². The second-order valence-corrected chi connectivity index (χ2v) is 5.79. The highest BCUT2D eigenvalue weighted by Gasteiger charge is 2.47. The molecule has 2 aromatic rings. The number of carboxylic acids is 1. The number of aliphatic hydroxyl groups excluding tert-OH is 3. The minimum Gasteiger partial charge on any atom is -0.479 e. The van der Waals surface area contributed by atoms with Gasteiger partial charge in [0.2, 0.25) is 0 Å². The standard InChI is InChI=1S/C16H16O8/c1-6-4-10(17)23-9-5-7(2-3-8(6)9)14-12(19)11(18)13(20)15(24-14)16(21)22/h2-5,11-15,18-20H,1H3,(H,21,22). The van der Waals surface area contributed by atoms with Crippen molar-refractivity contribution < 1.29 is 34.4 Å². The van der Waals surface area contributed by atoms with Crippen LogP contribution in [0.15, 0.2) is 33.5 Å². The molecule has 1 saturated heterocycles. The third-order valence-corrected chi connectivity index (χ3v) is 4.16. The van der Waals surface area contributed by atoms with Gasteiger partial charge in [-0.05, 0) is 24.1 Å². The lowest BCUT2D eigenvalue weighted by Gasteiger charge is -2.39. The van der Waals surface area contributed by atoms with Crippen molar-refractivity contribution in [3.8, 4) is 0 Å². The Balaban J connectivity index is 2.05. The van der Waals surface area contributed by atoms with Crippen LogP contribution in [0.4, 0.5) is 0 Å². The molecule has 24 heavy (non-hydrogen) atoms. The highest BCUT2D eigenvalue weighted by Crippen LogP contribution is 2.34. The minimum atomic E-state index is -1.76. The molecule has 0 radical (unpaired) electrons. The van der Waals surface area contributed by atoms with Crippen molar-refractivity contribution in [2.75, 3.05) is 0 Å². The van der Waals surface area contributed by atoms with Gasteiger partial charge < -0.3 is 29.6 Å². The first-order valence-corrected chi connectivity index (χ1v) is 7.26. The second-order valence-electron chi connectivity index (χ2n) is 5.79. The third kappa shape index (κ3) is 2.69. The van der Waals surface area contributed by atoms with E-state index in [1.807, 2.05) is 0 Å². The number of fused-ring (bicyclic) bond motifs is 1. The number of carbonyl (C=O) groups is 1. The summed E-state index contributed by atoms with van der Waals surface area (Å²) < 4.78 is 10.4. The maximum absolute atomic E-state index is 11.5. The van der Waals surface area contributed by atoms with Gasteiger partial charge in [-0.25, -0.2) is 9.59 Å². The molecule has 1 aliphatic rings. The van der Waals surface area contributed by atoms with Crippen LogP contribution in [0.5, 0.6) is 0 Å². The summed E-state index contributed by atoms with van der Waals surface area (Å²) in [6.45, 7) is 1.74. The van der Waals surface area contributed by atoms with Gasteiger partial charge in [-0.1, -0.05) is 12.1 Å². The van der Waals surface area contributed by atoms with Crippen LogP contribution in [0.25, 0.3) is 11.0 Å². The Morgan fingerprint density at radius 2 is 1.79 bits per heavy atom. The minimum absolute atomic E-state index is 0.251. The summed E-state index contributed by atoms with van der Waals surface area (Å²) in [5.74, 6) is -1.46. The SMILES string of the molecule is Cc1cc(=O)oc2cc(C3OC(C(=O)O)C(O)C(O)C3O)ccc12. The molecule has 4 N–H and O–H groups in total. The van der Waals surface area contributed by atoms with Crippen LogP contribution in [-0.2, 0) is 9.53 Å². The number of benzene rings is 1. The average molecular weight is 336 g/mol. The van der Waals surface area contributed by atoms with Crippen molar-refractivity contribution in [2.24, 2.45) is 0 Å². The Bertz CT molecular complexity index is 842. The highest BCUT2D eigenvalue weighted by atomic mass is 16.6. The predicted molar refractivity (Wildman–Crippen MR) is 80.5 cm³/mol. The number of ether oxygens (including phenoxy) is 1. The van der Waals surface area contributed by atoms with Crippen LogP contribution in [0.2, 0.25) is 0 Å². The summed E-state index contributed by atoms with van der Waals surface area (Å²) in [5, 5.41) is 39.5. The molecule has 0 bridgehead atoms. The highest BCUT2D eigenvalue weighted by molar-refractivity contribution is 5.80. The van der Waals surface area contributed by atoms with E-state index in [2.05, 4.69) is 0 Å². The zero-order valence-corrected chi connectivity index (χ0v) is 12.6. The van der Waals surface area contributed by atoms with Crippen molar-refractivity contribution in [3.63, 3.8) is 0 Å². The number of aliphatic hydroxyl groups is 3. The topological polar surface area (TPSA) is 137 Å². The van der Waals surface area contributed by atoms with Crippen LogP contribution in [0.3, 0.4) is 0 Å². The van der Waals surface area contributed by atoms with Gasteiger partial charge in [-0.3, -0.25) is 0 Å². The molecule has 1 aliphatic heterocycles. The zero-order chi connectivity index (χ0) is 17.6. The largest absolute Gasteiger partial charge is 0.479 e. The lowest BCUT2D eigenvalue weighted by Crippen LogP contribution is -2.56. The Morgan fingerprint density at radius 3 is 2.46 bits per heavy atom. The first-order chi connectivity index (χ1) is 11.3. The second kappa shape index (κ2) is 5.99. The fourth-order valence-electron chi connectivity index (χ4n) is 2.88. The summed E-state index contributed by atoms with van der Waals surface area (Å²) in [5.41, 5.74) is 0.736. The Hall–Kier alpha value is -2.26. The van der Waals surface area contributed by atoms with E-state index in [1.165, 1.54) is 12.1 Å². The van der Waals surface area contributed by atoms with Crippen LogP contribution in [0.1, 0.15) is 17.2 Å². The smallest absolute Gasteiger partial charge is 0.336 e. The summed E-state index contributed by atoms with van der Waals surface area (Å²) >= 11 is 0. The summed E-state index contributed by atoms with van der Waals surface area (Å²) in [7, 11) is 0. The van der Waals surface area contributed by atoms with Crippen molar-refractivity contribution >= 4 is 16.9 Å². The third-order valence-electron chi connectivity index (χ3n) is 4.16. The number of carboxylic acid groups (broad SMARTS) is 1. The number of hydrogen-bond donors (Lipinski definition) is 4. The average Bonchev–Trinajstić information content (AvgIpc) is 2.51. The van der Waals surface area contributed by atoms with Crippen molar-refractivity contribution in [3.05, 3.63) is 45.8 Å². The molecule has 3 rings (SSSR count). The molecule has 0 aliphatic carbocycles. The van der Waals surface area contributed by atoms with Gasteiger partial charge in [0, 0.05) is 11.5 Å². The maximum Gasteiger partial charge on any atom is 0.336 e. The zero-order valence-electron chi connectivity index (χ0n) is 12.6. The molecule has 1 fully saturated rings. The van der Waals surface area contributed by atoms with E-state index in [9.17, 15) is 24.9 Å². The van der Waals surface area contributed by atoms with Gasteiger partial charge in [0.05, 0.1) is 0 Å². The van der Waals surface area contributed by atoms with E-state index < -0.39 is 42.1 Å². The van der Waals surface area contributed by atoms with E-state index in [4.69, 9.17) is 14.3 Å². The van der Waals surface area contributed by atoms with E-state index in [0.717, 1.165) is 0 Å². The van der Waals surface area contributed by atoms with Gasteiger partial charge in [0.15, 0.2) is 6.10 Å². The monoisotopic (exact) mass is 336 g/mol. The van der Waals surface area contributed by atoms with E-state index in [-0.39, 0.29) is 5.58 Å². The molecule has 5 unspecified atom stereocenters. The summed E-state index contributed by atoms with van der Waals surface area (Å²) in [6, 6.07) is 6.01. The van der Waals surface area contributed by atoms with Crippen molar-refractivity contribution in [2.45, 2.75) is 37.4 Å². The first-order valence-electron chi connectivity index (χ1n) is 7.26. The number of rotatable bonds is 2. The maximum atomic E-state index is 11.5. The molecule has 0 saturated carbocycles. The van der Waals surface area contributed by atoms with Gasteiger partial charge in [-0.2, -0.15) is 0 Å². The first kappa shape index (κ1) is 16.6. The molecule has 8 nitrogen and oxygen atoms in total. The van der Waals surface area contributed by atoms with E-state index in [0.29, 0.717) is 16.5 Å². The number of hydrogen-bond acceptors (Lipinski definition) is 7. The van der Waals surface area contributed by atoms with Gasteiger partial charge in [-0.15, -0.1) is 0 Å². The van der Waals surface area contributed by atoms with Crippen LogP contribution in [0, 0.1) is 6.92 Å². The Morgan fingerprint density at radius 1 is 1.08 bits per heavy atom. The molecular weight excluding hydrogens is 320 g/mol. The summed E-state index contributed by atoms with van der Waals surface area (Å²) in [4.78, 5) is 22.7. The number of aliphatic carboxylic acids is 1. The van der Waals surface area contributed by atoms with Gasteiger partial charge in [0.25, 0.3) is 0 Å². The Labute approximate surface area is 135 Å². The summed E-state index contributed by atoms with van der Waals surface area (Å²) in [6.07, 6.45) is -7.86. The molecule has 5 atom stereocenters. The number of aryl methyl sites for hydroxylation is 1. The molecule has 128 valence electrons.